The van der Waals surface area contributed by atoms with Crippen LogP contribution in [0.25, 0.3) is 0 Å². The van der Waals surface area contributed by atoms with E-state index in [-0.39, 0.29) is 12.0 Å². The van der Waals surface area contributed by atoms with Crippen LogP contribution in [-0.4, -0.2) is 22.4 Å². The van der Waals surface area contributed by atoms with Gasteiger partial charge in [0.2, 0.25) is 0 Å². The van der Waals surface area contributed by atoms with E-state index in [1.54, 1.807) is 0 Å². The van der Waals surface area contributed by atoms with Crippen molar-refractivity contribution in [1.82, 2.24) is 0 Å². The Morgan fingerprint density at radius 1 is 1.10 bits per heavy atom. The molecule has 0 spiro atoms. The molecule has 10 heavy (non-hydrogen) atoms. The fourth-order valence-electron chi connectivity index (χ4n) is 1.96. The summed E-state index contributed by atoms with van der Waals surface area (Å²) in [5, 5.41) is 18.8. The molecule has 0 aromatic carbocycles. The Kier molecular flexibility index (Phi) is 1.15. The van der Waals surface area contributed by atoms with E-state index in [1.807, 2.05) is 0 Å². The van der Waals surface area contributed by atoms with E-state index in [0.29, 0.717) is 0 Å². The first-order chi connectivity index (χ1) is 4.72. The van der Waals surface area contributed by atoms with Crippen molar-refractivity contribution in [3.63, 3.8) is 0 Å². The normalized spacial score (nSPS) is 33.0. The number of aliphatic hydroxyl groups excluding tert-OH is 1. The van der Waals surface area contributed by atoms with Gasteiger partial charge in [-0.05, 0) is 32.1 Å². The summed E-state index contributed by atoms with van der Waals surface area (Å²) in [6, 6.07) is 0. The maximum Gasteiger partial charge on any atom is 0.0725 e. The highest BCUT2D eigenvalue weighted by Crippen LogP contribution is 2.60. The van der Waals surface area contributed by atoms with Crippen molar-refractivity contribution in [3.05, 3.63) is 0 Å². The number of hydrogen-bond donors (Lipinski definition) is 2. The second kappa shape index (κ2) is 1.74. The highest BCUT2D eigenvalue weighted by Gasteiger charge is 2.60. The monoisotopic (exact) mass is 142 g/mol. The zero-order valence-electron chi connectivity index (χ0n) is 6.14. The summed E-state index contributed by atoms with van der Waals surface area (Å²) in [6.07, 6.45) is 5.01. The Balaban J connectivity index is 2.09. The lowest BCUT2D eigenvalue weighted by atomic mass is 9.69. The Bertz CT molecular complexity index is 143. The minimum absolute atomic E-state index is 0.0642. The van der Waals surface area contributed by atoms with E-state index in [2.05, 4.69) is 0 Å². The second-order valence-corrected chi connectivity index (χ2v) is 3.82. The Morgan fingerprint density at radius 2 is 1.70 bits per heavy atom. The van der Waals surface area contributed by atoms with Crippen molar-refractivity contribution < 1.29 is 10.2 Å². The highest BCUT2D eigenvalue weighted by molar-refractivity contribution is 5.11. The molecule has 0 radical (unpaired) electrons. The van der Waals surface area contributed by atoms with E-state index in [9.17, 15) is 5.11 Å². The third kappa shape index (κ3) is 0.611. The van der Waals surface area contributed by atoms with Crippen LogP contribution in [0, 0.1) is 5.41 Å². The molecule has 2 aliphatic carbocycles. The van der Waals surface area contributed by atoms with Crippen LogP contribution in [0.2, 0.25) is 0 Å². The first kappa shape index (κ1) is 6.62. The van der Waals surface area contributed by atoms with E-state index < -0.39 is 5.60 Å². The summed E-state index contributed by atoms with van der Waals surface area (Å²) >= 11 is 0. The smallest absolute Gasteiger partial charge is 0.0725 e. The van der Waals surface area contributed by atoms with Crippen LogP contribution < -0.4 is 0 Å². The number of aliphatic hydroxyl groups is 2. The van der Waals surface area contributed by atoms with Gasteiger partial charge in [-0.3, -0.25) is 0 Å². The summed E-state index contributed by atoms with van der Waals surface area (Å²) < 4.78 is 0. The average Bonchev–Trinajstić information content (AvgIpc) is 2.63. The Hall–Kier alpha value is -0.0800. The van der Waals surface area contributed by atoms with Crippen LogP contribution in [0.5, 0.6) is 0 Å². The van der Waals surface area contributed by atoms with Crippen LogP contribution in [0.15, 0.2) is 0 Å². The predicted octanol–water partition coefficient (Wildman–Crippen LogP) is 0.674. The molecule has 0 aromatic rings. The molecule has 0 aliphatic heterocycles. The van der Waals surface area contributed by atoms with E-state index in [4.69, 9.17) is 5.11 Å². The third-order valence-corrected chi connectivity index (χ3v) is 3.32. The van der Waals surface area contributed by atoms with Gasteiger partial charge in [0, 0.05) is 5.41 Å². The molecule has 58 valence electrons. The Labute approximate surface area is 60.9 Å². The van der Waals surface area contributed by atoms with E-state index >= 15 is 0 Å². The zero-order chi connectivity index (χ0) is 7.24. The number of hydrogen-bond acceptors (Lipinski definition) is 2. The molecule has 0 heterocycles. The molecule has 0 amide bonds. The molecule has 0 saturated heterocycles. The van der Waals surface area contributed by atoms with Crippen LogP contribution in [0.4, 0.5) is 0 Å². The zero-order valence-corrected chi connectivity index (χ0v) is 6.14. The summed E-state index contributed by atoms with van der Waals surface area (Å²) in [7, 11) is 0. The predicted molar refractivity (Wildman–Crippen MR) is 37.6 cm³/mol. The molecular weight excluding hydrogens is 128 g/mol. The van der Waals surface area contributed by atoms with Gasteiger partial charge < -0.3 is 10.2 Å². The van der Waals surface area contributed by atoms with Crippen molar-refractivity contribution in [2.45, 2.75) is 37.7 Å². The summed E-state index contributed by atoms with van der Waals surface area (Å²) in [5.74, 6) is 0. The van der Waals surface area contributed by atoms with Gasteiger partial charge in [-0.1, -0.05) is 0 Å². The first-order valence-corrected chi connectivity index (χ1v) is 4.06. The average molecular weight is 142 g/mol. The van der Waals surface area contributed by atoms with Gasteiger partial charge in [-0.15, -0.1) is 0 Å². The molecule has 0 atom stereocenters. The van der Waals surface area contributed by atoms with Crippen LogP contribution >= 0.6 is 0 Å². The molecule has 0 unspecified atom stereocenters. The summed E-state index contributed by atoms with van der Waals surface area (Å²) in [5.41, 5.74) is -0.535. The first-order valence-electron chi connectivity index (χ1n) is 4.06. The number of rotatable bonds is 2. The lowest BCUT2D eigenvalue weighted by Crippen LogP contribution is -2.47. The second-order valence-electron chi connectivity index (χ2n) is 3.82. The highest BCUT2D eigenvalue weighted by atomic mass is 16.3. The summed E-state index contributed by atoms with van der Waals surface area (Å²) in [6.45, 7) is 0.184. The molecule has 2 nitrogen and oxygen atoms in total. The quantitative estimate of drug-likeness (QED) is 0.595. The van der Waals surface area contributed by atoms with Crippen molar-refractivity contribution in [3.8, 4) is 0 Å². The molecule has 2 saturated carbocycles. The van der Waals surface area contributed by atoms with Gasteiger partial charge in [-0.2, -0.15) is 0 Å². The lowest BCUT2D eigenvalue weighted by Gasteiger charge is -2.43. The standard InChI is InChI=1S/C8H14O2/c9-6-7(4-5-7)8(10)2-1-3-8/h9-10H,1-6H2. The molecule has 2 rings (SSSR count). The maximum atomic E-state index is 9.84. The topological polar surface area (TPSA) is 40.5 Å². The van der Waals surface area contributed by atoms with Gasteiger partial charge in [0.05, 0.1) is 12.2 Å². The van der Waals surface area contributed by atoms with Crippen molar-refractivity contribution >= 4 is 0 Å². The molecule has 0 aromatic heterocycles. The minimum Gasteiger partial charge on any atom is -0.396 e. The largest absolute Gasteiger partial charge is 0.396 e. The van der Waals surface area contributed by atoms with Gasteiger partial charge in [0.25, 0.3) is 0 Å². The van der Waals surface area contributed by atoms with Gasteiger partial charge in [0.1, 0.15) is 0 Å². The summed E-state index contributed by atoms with van der Waals surface area (Å²) in [4.78, 5) is 0. The fourth-order valence-corrected chi connectivity index (χ4v) is 1.96. The molecule has 2 aliphatic rings. The fraction of sp³-hybridized carbons (Fsp3) is 1.00. The van der Waals surface area contributed by atoms with Crippen molar-refractivity contribution in [2.24, 2.45) is 5.41 Å². The molecule has 2 fully saturated rings. The van der Waals surface area contributed by atoms with Crippen LogP contribution in [0.1, 0.15) is 32.1 Å². The van der Waals surface area contributed by atoms with Gasteiger partial charge in [-0.25, -0.2) is 0 Å². The molecule has 2 heteroatoms. The van der Waals surface area contributed by atoms with Crippen molar-refractivity contribution in [2.75, 3.05) is 6.61 Å². The SMILES string of the molecule is OCC1(C2(O)CCC2)CC1. The lowest BCUT2D eigenvalue weighted by molar-refractivity contribution is -0.112. The minimum atomic E-state index is -0.470. The van der Waals surface area contributed by atoms with E-state index in [0.717, 1.165) is 32.1 Å². The molecule has 0 bridgehead atoms. The Morgan fingerprint density at radius 3 is 1.80 bits per heavy atom. The third-order valence-electron chi connectivity index (χ3n) is 3.32. The van der Waals surface area contributed by atoms with Crippen LogP contribution in [-0.2, 0) is 0 Å². The van der Waals surface area contributed by atoms with Crippen molar-refractivity contribution in [1.29, 1.82) is 0 Å². The molecule has 2 N–H and O–H groups in total. The molecular formula is C8H14O2. The van der Waals surface area contributed by atoms with Gasteiger partial charge >= 0.3 is 0 Å². The van der Waals surface area contributed by atoms with Crippen LogP contribution in [0.3, 0.4) is 0 Å². The van der Waals surface area contributed by atoms with E-state index in [1.165, 1.54) is 0 Å². The van der Waals surface area contributed by atoms with Gasteiger partial charge in [0.15, 0.2) is 0 Å². The maximum absolute atomic E-state index is 9.84.